The van der Waals surface area contributed by atoms with E-state index in [0.717, 1.165) is 17.0 Å². The minimum absolute atomic E-state index is 0.174. The van der Waals surface area contributed by atoms with Crippen molar-refractivity contribution >= 4 is 0 Å². The van der Waals surface area contributed by atoms with Crippen molar-refractivity contribution in [3.63, 3.8) is 0 Å². The van der Waals surface area contributed by atoms with Gasteiger partial charge in [-0.2, -0.15) is 0 Å². The van der Waals surface area contributed by atoms with Crippen molar-refractivity contribution in [3.8, 4) is 28.4 Å². The predicted octanol–water partition coefficient (Wildman–Crippen LogP) is 2.80. The smallest absolute Gasteiger partial charge is 0.231 e. The minimum atomic E-state index is 0.174. The number of nitrogens with zero attached hydrogens (tertiary/aromatic N) is 1. The average molecular weight is 243 g/mol. The Morgan fingerprint density at radius 3 is 2.50 bits per heavy atom. The van der Waals surface area contributed by atoms with Gasteiger partial charge in [-0.25, -0.2) is 0 Å². The van der Waals surface area contributed by atoms with Crippen LogP contribution in [0.1, 0.15) is 11.4 Å². The van der Waals surface area contributed by atoms with Crippen LogP contribution in [0.4, 0.5) is 0 Å². The summed E-state index contributed by atoms with van der Waals surface area (Å²) in [7, 11) is 0. The summed E-state index contributed by atoms with van der Waals surface area (Å²) < 4.78 is 10.5. The van der Waals surface area contributed by atoms with Crippen molar-refractivity contribution in [3.05, 3.63) is 35.7 Å². The maximum atomic E-state index is 10.1. The third-order valence-corrected chi connectivity index (χ3v) is 3.01. The molecular formula is C14H13NO3. The summed E-state index contributed by atoms with van der Waals surface area (Å²) in [5, 5.41) is 10.1. The molecule has 2 heterocycles. The van der Waals surface area contributed by atoms with Crippen LogP contribution < -0.4 is 9.47 Å². The quantitative estimate of drug-likeness (QED) is 0.836. The molecule has 0 unspecified atom stereocenters. The lowest BCUT2D eigenvalue weighted by Crippen LogP contribution is -1.93. The topological polar surface area (TPSA) is 51.6 Å². The number of pyridine rings is 1. The summed E-state index contributed by atoms with van der Waals surface area (Å²) in [5.41, 5.74) is 3.45. The first kappa shape index (κ1) is 10.9. The third kappa shape index (κ3) is 1.66. The maximum absolute atomic E-state index is 10.1. The summed E-state index contributed by atoms with van der Waals surface area (Å²) in [4.78, 5) is 4.40. The SMILES string of the molecule is Cc1ccc(-c2cc3c(cc2O)OCO3)c(C)n1. The van der Waals surface area contributed by atoms with Crippen molar-refractivity contribution in [2.45, 2.75) is 13.8 Å². The lowest BCUT2D eigenvalue weighted by molar-refractivity contribution is 0.174. The first-order valence-electron chi connectivity index (χ1n) is 5.72. The molecule has 18 heavy (non-hydrogen) atoms. The van der Waals surface area contributed by atoms with E-state index in [1.807, 2.05) is 26.0 Å². The molecule has 0 amide bonds. The van der Waals surface area contributed by atoms with Gasteiger partial charge < -0.3 is 14.6 Å². The number of rotatable bonds is 1. The van der Waals surface area contributed by atoms with E-state index in [9.17, 15) is 5.11 Å². The highest BCUT2D eigenvalue weighted by Crippen LogP contribution is 2.42. The summed E-state index contributed by atoms with van der Waals surface area (Å²) in [5.74, 6) is 1.41. The molecule has 4 nitrogen and oxygen atoms in total. The van der Waals surface area contributed by atoms with Gasteiger partial charge in [-0.3, -0.25) is 4.98 Å². The van der Waals surface area contributed by atoms with Crippen LogP contribution in [0.5, 0.6) is 17.2 Å². The van der Waals surface area contributed by atoms with Gasteiger partial charge in [0.1, 0.15) is 5.75 Å². The van der Waals surface area contributed by atoms with Gasteiger partial charge in [0.25, 0.3) is 0 Å². The molecule has 0 saturated heterocycles. The molecule has 0 atom stereocenters. The molecule has 0 fully saturated rings. The number of phenols is 1. The van der Waals surface area contributed by atoms with Crippen LogP contribution in [0.25, 0.3) is 11.1 Å². The lowest BCUT2D eigenvalue weighted by Gasteiger charge is -2.09. The van der Waals surface area contributed by atoms with Crippen molar-refractivity contribution in [2.24, 2.45) is 0 Å². The number of ether oxygens (including phenoxy) is 2. The Balaban J connectivity index is 2.17. The highest BCUT2D eigenvalue weighted by molar-refractivity contribution is 5.75. The number of hydrogen-bond donors (Lipinski definition) is 1. The number of aromatic hydroxyl groups is 1. The van der Waals surface area contributed by atoms with Crippen LogP contribution in [-0.2, 0) is 0 Å². The lowest BCUT2D eigenvalue weighted by atomic mass is 10.0. The molecule has 0 spiro atoms. The molecule has 92 valence electrons. The van der Waals surface area contributed by atoms with Crippen LogP contribution in [0.3, 0.4) is 0 Å². The van der Waals surface area contributed by atoms with E-state index in [2.05, 4.69) is 4.98 Å². The molecule has 1 N–H and O–H groups in total. The summed E-state index contributed by atoms with van der Waals surface area (Å²) >= 11 is 0. The molecule has 3 rings (SSSR count). The Kier molecular flexibility index (Phi) is 2.37. The van der Waals surface area contributed by atoms with Gasteiger partial charge in [-0.15, -0.1) is 0 Å². The Hall–Kier alpha value is -2.23. The Morgan fingerprint density at radius 1 is 1.06 bits per heavy atom. The second-order valence-electron chi connectivity index (χ2n) is 4.31. The standard InChI is InChI=1S/C14H13NO3/c1-8-3-4-10(9(2)15-8)11-5-13-14(6-12(11)16)18-7-17-13/h3-6,16H,7H2,1-2H3. The Morgan fingerprint density at radius 2 is 1.78 bits per heavy atom. The van der Waals surface area contributed by atoms with Crippen LogP contribution in [0, 0.1) is 13.8 Å². The number of hydrogen-bond acceptors (Lipinski definition) is 4. The Bertz CT molecular complexity index is 623. The monoisotopic (exact) mass is 243 g/mol. The molecule has 4 heteroatoms. The fraction of sp³-hybridized carbons (Fsp3) is 0.214. The molecular weight excluding hydrogens is 230 g/mol. The van der Waals surface area contributed by atoms with E-state index >= 15 is 0 Å². The molecule has 0 radical (unpaired) electrons. The second-order valence-corrected chi connectivity index (χ2v) is 4.31. The average Bonchev–Trinajstić information content (AvgIpc) is 2.75. The summed E-state index contributed by atoms with van der Waals surface area (Å²) in [6.45, 7) is 4.06. The molecule has 0 saturated carbocycles. The zero-order valence-electron chi connectivity index (χ0n) is 10.2. The minimum Gasteiger partial charge on any atom is -0.507 e. The van der Waals surface area contributed by atoms with E-state index in [4.69, 9.17) is 9.47 Å². The highest BCUT2D eigenvalue weighted by Gasteiger charge is 2.18. The number of aryl methyl sites for hydroxylation is 2. The summed E-state index contributed by atoms with van der Waals surface area (Å²) in [6, 6.07) is 7.25. The van der Waals surface area contributed by atoms with E-state index in [-0.39, 0.29) is 12.5 Å². The largest absolute Gasteiger partial charge is 0.507 e. The van der Waals surface area contributed by atoms with Crippen LogP contribution in [0.2, 0.25) is 0 Å². The fourth-order valence-corrected chi connectivity index (χ4v) is 2.12. The number of phenolic OH excluding ortho intramolecular Hbond substituents is 1. The molecule has 0 bridgehead atoms. The van der Waals surface area contributed by atoms with Crippen LogP contribution >= 0.6 is 0 Å². The van der Waals surface area contributed by atoms with E-state index in [0.29, 0.717) is 17.1 Å². The van der Waals surface area contributed by atoms with Crippen LogP contribution in [-0.4, -0.2) is 16.9 Å². The molecule has 1 aliphatic rings. The fourth-order valence-electron chi connectivity index (χ4n) is 2.12. The zero-order valence-corrected chi connectivity index (χ0v) is 10.2. The normalized spacial score (nSPS) is 12.8. The second kappa shape index (κ2) is 3.91. The molecule has 2 aromatic rings. The van der Waals surface area contributed by atoms with Crippen molar-refractivity contribution in [1.82, 2.24) is 4.98 Å². The van der Waals surface area contributed by atoms with E-state index < -0.39 is 0 Å². The Labute approximate surface area is 105 Å². The molecule has 1 aromatic heterocycles. The summed E-state index contributed by atoms with van der Waals surface area (Å²) in [6.07, 6.45) is 0. The van der Waals surface area contributed by atoms with Gasteiger partial charge in [-0.05, 0) is 26.0 Å². The number of aromatic nitrogens is 1. The first-order valence-corrected chi connectivity index (χ1v) is 5.72. The van der Waals surface area contributed by atoms with Crippen molar-refractivity contribution in [1.29, 1.82) is 0 Å². The van der Waals surface area contributed by atoms with Gasteiger partial charge in [0.15, 0.2) is 11.5 Å². The molecule has 0 aliphatic carbocycles. The van der Waals surface area contributed by atoms with Gasteiger partial charge in [-0.1, -0.05) is 6.07 Å². The molecule has 1 aliphatic heterocycles. The third-order valence-electron chi connectivity index (χ3n) is 3.01. The van der Waals surface area contributed by atoms with Gasteiger partial charge in [0.2, 0.25) is 6.79 Å². The number of benzene rings is 1. The van der Waals surface area contributed by atoms with Gasteiger partial charge >= 0.3 is 0 Å². The van der Waals surface area contributed by atoms with Crippen LogP contribution in [0.15, 0.2) is 24.3 Å². The van der Waals surface area contributed by atoms with E-state index in [1.54, 1.807) is 12.1 Å². The molecule has 1 aromatic carbocycles. The maximum Gasteiger partial charge on any atom is 0.231 e. The highest BCUT2D eigenvalue weighted by atomic mass is 16.7. The van der Waals surface area contributed by atoms with Crippen molar-refractivity contribution in [2.75, 3.05) is 6.79 Å². The predicted molar refractivity (Wildman–Crippen MR) is 66.9 cm³/mol. The zero-order chi connectivity index (χ0) is 12.7. The van der Waals surface area contributed by atoms with Gasteiger partial charge in [0, 0.05) is 28.6 Å². The van der Waals surface area contributed by atoms with E-state index in [1.165, 1.54) is 0 Å². The van der Waals surface area contributed by atoms with Crippen molar-refractivity contribution < 1.29 is 14.6 Å². The van der Waals surface area contributed by atoms with Gasteiger partial charge in [0.05, 0.1) is 0 Å². The first-order chi connectivity index (χ1) is 8.65. The number of fused-ring (bicyclic) bond motifs is 1.